The fourth-order valence-electron chi connectivity index (χ4n) is 2.85. The van der Waals surface area contributed by atoms with Crippen molar-refractivity contribution in [1.29, 1.82) is 0 Å². The van der Waals surface area contributed by atoms with E-state index in [1.807, 2.05) is 0 Å². The summed E-state index contributed by atoms with van der Waals surface area (Å²) in [6.07, 6.45) is 1.91. The molecular weight excluding hydrogens is 322 g/mol. The molecule has 0 bridgehead atoms. The molecule has 2 aliphatic rings. The largest absolute Gasteiger partial charge is 0.380 e. The fraction of sp³-hybridized carbons (Fsp3) is 0.400. The van der Waals surface area contributed by atoms with Crippen molar-refractivity contribution >= 4 is 28.6 Å². The highest BCUT2D eigenvalue weighted by molar-refractivity contribution is 7.15. The molecule has 0 saturated carbocycles. The van der Waals surface area contributed by atoms with E-state index in [2.05, 4.69) is 39.5 Å². The van der Waals surface area contributed by atoms with Crippen molar-refractivity contribution in [3.63, 3.8) is 0 Å². The standard InChI is InChI=1S/C15H16ClN3O2S/c16-15-18-6-12(22-15)5-17-11-3-1-10(2-4-11)14-13-7-20-8-19(13)9-21-14/h1-4,6,13-14,17H,5,7-9H2. The summed E-state index contributed by atoms with van der Waals surface area (Å²) >= 11 is 7.32. The van der Waals surface area contributed by atoms with Gasteiger partial charge < -0.3 is 14.8 Å². The van der Waals surface area contributed by atoms with Crippen molar-refractivity contribution < 1.29 is 9.47 Å². The number of hydrogen-bond acceptors (Lipinski definition) is 6. The molecule has 0 amide bonds. The van der Waals surface area contributed by atoms with Crippen LogP contribution in [0.4, 0.5) is 5.69 Å². The number of nitrogens with zero attached hydrogens (tertiary/aromatic N) is 2. The smallest absolute Gasteiger partial charge is 0.183 e. The molecule has 3 heterocycles. The summed E-state index contributed by atoms with van der Waals surface area (Å²) in [6, 6.07) is 8.75. The Morgan fingerprint density at radius 2 is 2.18 bits per heavy atom. The summed E-state index contributed by atoms with van der Waals surface area (Å²) in [4.78, 5) is 7.38. The molecule has 1 aromatic carbocycles. The van der Waals surface area contributed by atoms with E-state index in [0.717, 1.165) is 23.7 Å². The first-order valence-corrected chi connectivity index (χ1v) is 8.36. The molecule has 0 spiro atoms. The van der Waals surface area contributed by atoms with Crippen molar-refractivity contribution in [3.8, 4) is 0 Å². The van der Waals surface area contributed by atoms with Crippen LogP contribution in [0.2, 0.25) is 4.47 Å². The van der Waals surface area contributed by atoms with Gasteiger partial charge in [0.05, 0.1) is 19.2 Å². The average Bonchev–Trinajstić information content (AvgIpc) is 3.22. The van der Waals surface area contributed by atoms with Gasteiger partial charge in [0, 0.05) is 16.8 Å². The predicted octanol–water partition coefficient (Wildman–Crippen LogP) is 3.10. The molecule has 2 aliphatic heterocycles. The third-order valence-corrected chi connectivity index (χ3v) is 5.13. The fourth-order valence-corrected chi connectivity index (χ4v) is 3.77. The molecule has 7 heteroatoms. The van der Waals surface area contributed by atoms with Gasteiger partial charge in [-0.05, 0) is 17.7 Å². The van der Waals surface area contributed by atoms with Gasteiger partial charge in [-0.1, -0.05) is 23.7 Å². The maximum atomic E-state index is 5.88. The van der Waals surface area contributed by atoms with E-state index < -0.39 is 0 Å². The van der Waals surface area contributed by atoms with E-state index in [4.69, 9.17) is 21.1 Å². The number of nitrogens with one attached hydrogen (secondary N) is 1. The van der Waals surface area contributed by atoms with Crippen LogP contribution in [0.1, 0.15) is 16.5 Å². The zero-order valence-corrected chi connectivity index (χ0v) is 13.4. The minimum absolute atomic E-state index is 0.108. The zero-order valence-electron chi connectivity index (χ0n) is 11.9. The number of hydrogen-bond donors (Lipinski definition) is 1. The maximum absolute atomic E-state index is 5.88. The van der Waals surface area contributed by atoms with Crippen LogP contribution in [0, 0.1) is 0 Å². The second-order valence-electron chi connectivity index (χ2n) is 5.43. The Morgan fingerprint density at radius 3 is 2.95 bits per heavy atom. The van der Waals surface area contributed by atoms with E-state index >= 15 is 0 Å². The van der Waals surface area contributed by atoms with Crippen molar-refractivity contribution in [2.75, 3.05) is 25.4 Å². The summed E-state index contributed by atoms with van der Waals surface area (Å²) in [5.74, 6) is 0. The molecule has 2 unspecified atom stereocenters. The number of aromatic nitrogens is 1. The van der Waals surface area contributed by atoms with Gasteiger partial charge in [-0.3, -0.25) is 0 Å². The van der Waals surface area contributed by atoms with Crippen LogP contribution >= 0.6 is 22.9 Å². The first kappa shape index (κ1) is 14.4. The Balaban J connectivity index is 1.40. The van der Waals surface area contributed by atoms with E-state index in [1.54, 1.807) is 6.20 Å². The lowest BCUT2D eigenvalue weighted by atomic mass is 10.0. The Kier molecular flexibility index (Phi) is 4.02. The number of benzene rings is 1. The molecule has 1 N–H and O–H groups in total. The Hall–Kier alpha value is -1.18. The van der Waals surface area contributed by atoms with Crippen molar-refractivity contribution in [2.24, 2.45) is 0 Å². The van der Waals surface area contributed by atoms with Gasteiger partial charge in [0.15, 0.2) is 4.47 Å². The van der Waals surface area contributed by atoms with Crippen molar-refractivity contribution in [2.45, 2.75) is 18.7 Å². The number of ether oxygens (including phenoxy) is 2. The lowest BCUT2D eigenvalue weighted by molar-refractivity contribution is 0.0370. The topological polar surface area (TPSA) is 46.6 Å². The van der Waals surface area contributed by atoms with Crippen LogP contribution < -0.4 is 5.32 Å². The quantitative estimate of drug-likeness (QED) is 0.929. The van der Waals surface area contributed by atoms with Crippen molar-refractivity contribution in [3.05, 3.63) is 45.4 Å². The number of rotatable bonds is 4. The van der Waals surface area contributed by atoms with Gasteiger partial charge in [-0.15, -0.1) is 11.3 Å². The summed E-state index contributed by atoms with van der Waals surface area (Å²) in [6.45, 7) is 2.81. The summed E-state index contributed by atoms with van der Waals surface area (Å²) in [7, 11) is 0. The van der Waals surface area contributed by atoms with Crippen LogP contribution in [0.25, 0.3) is 0 Å². The molecule has 2 fully saturated rings. The van der Waals surface area contributed by atoms with Gasteiger partial charge in [0.25, 0.3) is 0 Å². The highest BCUT2D eigenvalue weighted by atomic mass is 35.5. The molecular formula is C15H16ClN3O2S. The highest BCUT2D eigenvalue weighted by Gasteiger charge is 2.39. The zero-order chi connectivity index (χ0) is 14.9. The summed E-state index contributed by atoms with van der Waals surface area (Å²) in [5.41, 5.74) is 2.27. The molecule has 2 atom stereocenters. The lowest BCUT2D eigenvalue weighted by Crippen LogP contribution is -2.27. The van der Waals surface area contributed by atoms with Crippen LogP contribution in [0.5, 0.6) is 0 Å². The molecule has 2 aromatic rings. The van der Waals surface area contributed by atoms with Gasteiger partial charge in [-0.2, -0.15) is 0 Å². The van der Waals surface area contributed by atoms with Crippen molar-refractivity contribution in [1.82, 2.24) is 9.88 Å². The van der Waals surface area contributed by atoms with Crippen LogP contribution in [-0.4, -0.2) is 36.0 Å². The van der Waals surface area contributed by atoms with Gasteiger partial charge in [0.1, 0.15) is 19.6 Å². The molecule has 4 rings (SSSR count). The van der Waals surface area contributed by atoms with Crippen LogP contribution in [-0.2, 0) is 16.0 Å². The van der Waals surface area contributed by atoms with Gasteiger partial charge in [-0.25, -0.2) is 9.88 Å². The van der Waals surface area contributed by atoms with E-state index in [-0.39, 0.29) is 6.10 Å². The summed E-state index contributed by atoms with van der Waals surface area (Å²) < 4.78 is 12.0. The molecule has 2 saturated heterocycles. The molecule has 0 radical (unpaired) electrons. The molecule has 22 heavy (non-hydrogen) atoms. The Bertz CT molecular complexity index is 648. The van der Waals surface area contributed by atoms with Crippen LogP contribution in [0.15, 0.2) is 30.5 Å². The van der Waals surface area contributed by atoms with Gasteiger partial charge >= 0.3 is 0 Å². The third-order valence-electron chi connectivity index (χ3n) is 4.02. The minimum atomic E-state index is 0.108. The summed E-state index contributed by atoms with van der Waals surface area (Å²) in [5, 5.41) is 3.37. The second-order valence-corrected chi connectivity index (χ2v) is 7.12. The second kappa shape index (κ2) is 6.14. The molecule has 1 aromatic heterocycles. The van der Waals surface area contributed by atoms with E-state index in [0.29, 0.717) is 24.0 Å². The number of anilines is 1. The Labute approximate surface area is 137 Å². The average molecular weight is 338 g/mol. The highest BCUT2D eigenvalue weighted by Crippen LogP contribution is 2.34. The first-order chi connectivity index (χ1) is 10.8. The predicted molar refractivity (Wildman–Crippen MR) is 86.0 cm³/mol. The number of halogens is 1. The normalized spacial score (nSPS) is 24.6. The molecule has 116 valence electrons. The molecule has 0 aliphatic carbocycles. The van der Waals surface area contributed by atoms with E-state index in [9.17, 15) is 0 Å². The van der Waals surface area contributed by atoms with E-state index in [1.165, 1.54) is 16.9 Å². The maximum Gasteiger partial charge on any atom is 0.183 e. The van der Waals surface area contributed by atoms with Crippen LogP contribution in [0.3, 0.4) is 0 Å². The number of fused-ring (bicyclic) bond motifs is 1. The lowest BCUT2D eigenvalue weighted by Gasteiger charge is -2.16. The SMILES string of the molecule is Clc1ncc(CNc2ccc(C3OCN4COCC34)cc2)s1. The number of thiazole rings is 1. The third kappa shape index (κ3) is 2.85. The Morgan fingerprint density at radius 1 is 1.32 bits per heavy atom. The molecule has 5 nitrogen and oxygen atoms in total. The minimum Gasteiger partial charge on any atom is -0.380 e. The monoisotopic (exact) mass is 337 g/mol. The van der Waals surface area contributed by atoms with Gasteiger partial charge in [0.2, 0.25) is 0 Å². The first-order valence-electron chi connectivity index (χ1n) is 7.17.